The largest absolute Gasteiger partial charge is 0.367 e. The quantitative estimate of drug-likeness (QED) is 0.146. The Morgan fingerprint density at radius 1 is 0.623 bits per heavy atom. The van der Waals surface area contributed by atoms with Crippen LogP contribution >= 0.6 is 0 Å². The fourth-order valence-electron chi connectivity index (χ4n) is 9.32. The smallest absolute Gasteiger partial charge is 0.198 e. The number of hydrogen-bond acceptors (Lipinski definition) is 11. The Balaban J connectivity index is 0.000000168. The van der Waals surface area contributed by atoms with E-state index in [0.717, 1.165) is 98.8 Å². The molecule has 0 saturated carbocycles. The van der Waals surface area contributed by atoms with Crippen LogP contribution in [-0.4, -0.2) is 117 Å². The molecule has 3 aliphatic heterocycles. The summed E-state index contributed by atoms with van der Waals surface area (Å²) in [6.45, 7) is 12.3. The topological polar surface area (TPSA) is 121 Å². The van der Waals surface area contributed by atoms with Crippen molar-refractivity contribution in [1.82, 2.24) is 44.2 Å². The van der Waals surface area contributed by atoms with Crippen LogP contribution in [0.2, 0.25) is 0 Å². The molecule has 2 atom stereocenters. The molecular weight excluding hydrogens is 763 g/mol. The number of anilines is 2. The zero-order valence-electron chi connectivity index (χ0n) is 36.8. The number of piperazine rings is 2. The van der Waals surface area contributed by atoms with Crippen molar-refractivity contribution >= 4 is 45.0 Å². The minimum atomic E-state index is -0.0337. The number of nitrogens with zero attached hydrogens (tertiary/aromatic N) is 10. The van der Waals surface area contributed by atoms with Gasteiger partial charge in [0.2, 0.25) is 0 Å². The van der Waals surface area contributed by atoms with Gasteiger partial charge in [0, 0.05) is 91.7 Å². The van der Waals surface area contributed by atoms with E-state index in [2.05, 4.69) is 103 Å². The Hall–Kier alpha value is -5.50. The molecule has 0 amide bonds. The maximum absolute atomic E-state index is 12.9. The number of Topliss-reactive ketones (excluding diaryl/α,β-unsaturated/α-hetero) is 2. The van der Waals surface area contributed by atoms with Gasteiger partial charge in [-0.1, -0.05) is 24.3 Å². The van der Waals surface area contributed by atoms with Crippen molar-refractivity contribution in [2.75, 3.05) is 76.3 Å². The van der Waals surface area contributed by atoms with Crippen LogP contribution in [0.3, 0.4) is 0 Å². The lowest BCUT2D eigenvalue weighted by Gasteiger charge is -2.34. The maximum Gasteiger partial charge on any atom is 0.198 e. The average Bonchev–Trinajstić information content (AvgIpc) is 3.81. The number of fused-ring (bicyclic) bond motifs is 2. The first-order valence-electron chi connectivity index (χ1n) is 22.0. The molecule has 9 rings (SSSR count). The second-order valence-electron chi connectivity index (χ2n) is 17.2. The van der Waals surface area contributed by atoms with Gasteiger partial charge < -0.3 is 28.7 Å². The predicted octanol–water partition coefficient (Wildman–Crippen LogP) is 6.85. The van der Waals surface area contributed by atoms with Crippen molar-refractivity contribution in [2.24, 2.45) is 14.1 Å². The third-order valence-electron chi connectivity index (χ3n) is 12.9. The summed E-state index contributed by atoms with van der Waals surface area (Å²) in [7, 11) is 8.43. The third-order valence-corrected chi connectivity index (χ3v) is 12.9. The van der Waals surface area contributed by atoms with Crippen molar-refractivity contribution in [3.63, 3.8) is 0 Å². The van der Waals surface area contributed by atoms with E-state index in [1.807, 2.05) is 55.1 Å². The molecule has 3 aliphatic rings. The molecular formula is C48H61N11O2. The summed E-state index contributed by atoms with van der Waals surface area (Å²) >= 11 is 0. The van der Waals surface area contributed by atoms with Crippen LogP contribution in [0.5, 0.6) is 0 Å². The number of para-hydroxylation sites is 2. The average molecular weight is 824 g/mol. The fourth-order valence-corrected chi connectivity index (χ4v) is 9.32. The van der Waals surface area contributed by atoms with Gasteiger partial charge in [-0.2, -0.15) is 0 Å². The van der Waals surface area contributed by atoms with Crippen LogP contribution < -0.4 is 15.1 Å². The van der Waals surface area contributed by atoms with Gasteiger partial charge in [-0.05, 0) is 101 Å². The molecule has 61 heavy (non-hydrogen) atoms. The molecule has 2 aromatic carbocycles. The molecule has 0 aliphatic carbocycles. The molecule has 3 fully saturated rings. The Morgan fingerprint density at radius 2 is 1.18 bits per heavy atom. The number of benzene rings is 2. The molecule has 1 N–H and O–H groups in total. The van der Waals surface area contributed by atoms with Crippen LogP contribution in [0.1, 0.15) is 94.4 Å². The van der Waals surface area contributed by atoms with E-state index in [1.165, 1.54) is 28.9 Å². The summed E-state index contributed by atoms with van der Waals surface area (Å²) in [5.74, 6) is 1.55. The van der Waals surface area contributed by atoms with Crippen molar-refractivity contribution in [3.8, 4) is 0 Å². The Bertz CT molecular complexity index is 2490. The highest BCUT2D eigenvalue weighted by molar-refractivity contribution is 6.00. The van der Waals surface area contributed by atoms with Gasteiger partial charge in [-0.25, -0.2) is 9.97 Å². The third kappa shape index (κ3) is 9.10. The number of piperidine rings is 1. The van der Waals surface area contributed by atoms with Crippen molar-refractivity contribution < 1.29 is 9.59 Å². The van der Waals surface area contributed by atoms with Crippen LogP contribution in [0, 0.1) is 13.8 Å². The summed E-state index contributed by atoms with van der Waals surface area (Å²) in [6.07, 6.45) is 8.05. The van der Waals surface area contributed by atoms with E-state index < -0.39 is 0 Å². The van der Waals surface area contributed by atoms with E-state index >= 15 is 0 Å². The zero-order valence-corrected chi connectivity index (χ0v) is 36.8. The van der Waals surface area contributed by atoms with Gasteiger partial charge >= 0.3 is 0 Å². The number of carbonyl (C=O) groups is 2. The highest BCUT2D eigenvalue weighted by Gasteiger charge is 2.30. The van der Waals surface area contributed by atoms with Crippen molar-refractivity contribution in [3.05, 3.63) is 107 Å². The lowest BCUT2D eigenvalue weighted by molar-refractivity contribution is 0.0947. The van der Waals surface area contributed by atoms with E-state index in [4.69, 9.17) is 4.98 Å². The number of nitrogens with one attached hydrogen (secondary N) is 1. The molecule has 6 aromatic rings. The first-order valence-corrected chi connectivity index (χ1v) is 22.0. The van der Waals surface area contributed by atoms with Crippen LogP contribution in [-0.2, 0) is 14.1 Å². The molecule has 0 spiro atoms. The molecule has 320 valence electrons. The van der Waals surface area contributed by atoms with Crippen LogP contribution in [0.15, 0.2) is 73.1 Å². The SMILES string of the molecule is Cc1cccnc1C(=O)CCCC(=O)c1nc2cccc(N3CCN(C)CC3)c2n1C.Cc1cccnc1[C@@H]1CCC[C@H](c2nc3cccc(N4CCN(C)CC4)c3n2C)N1. The predicted molar refractivity (Wildman–Crippen MR) is 244 cm³/mol. The van der Waals surface area contributed by atoms with Crippen molar-refractivity contribution in [1.29, 1.82) is 0 Å². The van der Waals surface area contributed by atoms with Crippen LogP contribution in [0.4, 0.5) is 11.4 Å². The number of carbonyl (C=O) groups excluding carboxylic acids is 2. The van der Waals surface area contributed by atoms with E-state index in [1.54, 1.807) is 6.20 Å². The number of likely N-dealkylation sites (N-methyl/N-ethyl adjacent to an activating group) is 2. The molecule has 7 heterocycles. The molecule has 3 saturated heterocycles. The molecule has 0 bridgehead atoms. The van der Waals surface area contributed by atoms with Gasteiger partial charge in [-0.3, -0.25) is 24.9 Å². The van der Waals surface area contributed by atoms with Gasteiger partial charge in [0.25, 0.3) is 0 Å². The Labute approximate surface area is 359 Å². The molecule has 0 radical (unpaired) electrons. The summed E-state index contributed by atoms with van der Waals surface area (Å²) in [5.41, 5.74) is 10.4. The van der Waals surface area contributed by atoms with E-state index in [-0.39, 0.29) is 17.6 Å². The molecule has 0 unspecified atom stereocenters. The monoisotopic (exact) mass is 824 g/mol. The Morgan fingerprint density at radius 3 is 1.80 bits per heavy atom. The number of aromatic nitrogens is 6. The number of imidazole rings is 2. The first kappa shape index (κ1) is 42.2. The maximum atomic E-state index is 12.9. The Kier molecular flexibility index (Phi) is 12.9. The fraction of sp³-hybridized carbons (Fsp3) is 0.458. The summed E-state index contributed by atoms with van der Waals surface area (Å²) in [4.78, 5) is 53.5. The van der Waals surface area contributed by atoms with Gasteiger partial charge in [0.05, 0.1) is 51.2 Å². The molecule has 13 heteroatoms. The minimum absolute atomic E-state index is 0.0201. The van der Waals surface area contributed by atoms with E-state index in [9.17, 15) is 9.59 Å². The number of aryl methyl sites for hydroxylation is 4. The zero-order chi connectivity index (χ0) is 42.6. The number of rotatable bonds is 10. The highest BCUT2D eigenvalue weighted by atomic mass is 16.1. The number of ketones is 2. The normalized spacial score (nSPS) is 19.0. The van der Waals surface area contributed by atoms with Gasteiger partial charge in [0.1, 0.15) is 11.5 Å². The lowest BCUT2D eigenvalue weighted by atomic mass is 9.94. The highest BCUT2D eigenvalue weighted by Crippen LogP contribution is 2.36. The van der Waals surface area contributed by atoms with Crippen LogP contribution in [0.25, 0.3) is 22.1 Å². The van der Waals surface area contributed by atoms with Crippen molar-refractivity contribution in [2.45, 2.75) is 64.5 Å². The second kappa shape index (κ2) is 18.6. The summed E-state index contributed by atoms with van der Waals surface area (Å²) in [5, 5.41) is 3.87. The molecule has 4 aromatic heterocycles. The second-order valence-corrected chi connectivity index (χ2v) is 17.2. The standard InChI is InChI=1S/C24H32N6.C24H29N5O2/c1-17-7-6-12-25-22(17)18-8-4-10-20(26-18)24-27-19-9-5-11-21(23(19)29(24)3)30-15-13-28(2)14-16-30;1-17-7-6-12-25-22(17)20(30)10-5-11-21(31)24-26-18-8-4-9-19(23(18)28(24)3)29-15-13-27(2)14-16-29/h5-7,9,11-12,18,20,26H,4,8,10,13-16H2,1-3H3;4,6-9,12H,5,10-11,13-16H2,1-3H3/t18-,20+;/m0./s1. The van der Waals surface area contributed by atoms with E-state index in [0.29, 0.717) is 36.8 Å². The minimum Gasteiger partial charge on any atom is -0.367 e. The first-order chi connectivity index (χ1) is 29.6. The van der Waals surface area contributed by atoms with Gasteiger partial charge in [0.15, 0.2) is 17.4 Å². The summed E-state index contributed by atoms with van der Waals surface area (Å²) < 4.78 is 4.24. The lowest BCUT2D eigenvalue weighted by Crippen LogP contribution is -2.44. The molecule has 13 nitrogen and oxygen atoms in total. The van der Waals surface area contributed by atoms with Gasteiger partial charge in [-0.15, -0.1) is 0 Å². The summed E-state index contributed by atoms with van der Waals surface area (Å²) in [6, 6.07) is 21.1. The number of hydrogen-bond donors (Lipinski definition) is 1. The number of pyridine rings is 2.